The number of amides is 1. The Morgan fingerprint density at radius 1 is 1.27 bits per heavy atom. The average molecular weight is 337 g/mol. The second kappa shape index (κ2) is 8.15. The predicted molar refractivity (Wildman–Crippen MR) is 87.5 cm³/mol. The molecule has 0 bridgehead atoms. The van der Waals surface area contributed by atoms with Crippen LogP contribution in [0.3, 0.4) is 0 Å². The number of sulfone groups is 1. The number of aliphatic hydroxyl groups is 1. The molecular weight excluding hydrogens is 306 g/mol. The van der Waals surface area contributed by atoms with Crippen LogP contribution in [0.25, 0.3) is 0 Å². The standard InChI is InChI=1S/C15H31NO5S/c1-12(2)9-15(11-17,7-8-22(6,19)20)10-16-13(18)21-14(3,4)5/h12,17H,7-11H2,1-6H3,(H,16,18). The highest BCUT2D eigenvalue weighted by Crippen LogP contribution is 2.30. The summed E-state index contributed by atoms with van der Waals surface area (Å²) in [5, 5.41) is 12.4. The number of ether oxygens (including phenoxy) is 1. The van der Waals surface area contributed by atoms with Gasteiger partial charge < -0.3 is 15.2 Å². The molecule has 0 aromatic rings. The Morgan fingerprint density at radius 3 is 2.18 bits per heavy atom. The van der Waals surface area contributed by atoms with Gasteiger partial charge in [-0.2, -0.15) is 0 Å². The lowest BCUT2D eigenvalue weighted by Gasteiger charge is -2.34. The van der Waals surface area contributed by atoms with Gasteiger partial charge in [-0.15, -0.1) is 0 Å². The first-order chi connectivity index (χ1) is 9.79. The van der Waals surface area contributed by atoms with Gasteiger partial charge in [-0.3, -0.25) is 0 Å². The number of carbonyl (C=O) groups excluding carboxylic acids is 1. The normalized spacial score (nSPS) is 15.5. The minimum atomic E-state index is -3.13. The van der Waals surface area contributed by atoms with Crippen LogP contribution in [-0.2, 0) is 14.6 Å². The van der Waals surface area contributed by atoms with E-state index in [9.17, 15) is 18.3 Å². The summed E-state index contributed by atoms with van der Waals surface area (Å²) in [5.74, 6) is 0.253. The summed E-state index contributed by atoms with van der Waals surface area (Å²) in [5.41, 5.74) is -1.26. The van der Waals surface area contributed by atoms with Crippen molar-refractivity contribution in [1.82, 2.24) is 5.32 Å². The van der Waals surface area contributed by atoms with E-state index in [0.29, 0.717) is 12.8 Å². The van der Waals surface area contributed by atoms with Gasteiger partial charge in [0.2, 0.25) is 0 Å². The Kier molecular flexibility index (Phi) is 7.85. The Hall–Kier alpha value is -0.820. The lowest BCUT2D eigenvalue weighted by Crippen LogP contribution is -2.43. The molecule has 0 aromatic heterocycles. The van der Waals surface area contributed by atoms with Crippen molar-refractivity contribution in [2.45, 2.75) is 53.1 Å². The molecule has 0 spiro atoms. The maximum Gasteiger partial charge on any atom is 0.407 e. The minimum absolute atomic E-state index is 0.0176. The SMILES string of the molecule is CC(C)CC(CO)(CCS(C)(=O)=O)CNC(=O)OC(C)(C)C. The molecule has 1 unspecified atom stereocenters. The third-order valence-corrected chi connectivity index (χ3v) is 4.13. The van der Waals surface area contributed by atoms with Gasteiger partial charge in [-0.25, -0.2) is 13.2 Å². The van der Waals surface area contributed by atoms with Crippen molar-refractivity contribution >= 4 is 15.9 Å². The van der Waals surface area contributed by atoms with E-state index in [1.54, 1.807) is 20.8 Å². The Balaban J connectivity index is 4.88. The van der Waals surface area contributed by atoms with Crippen molar-refractivity contribution in [3.8, 4) is 0 Å². The topological polar surface area (TPSA) is 92.7 Å². The van der Waals surface area contributed by atoms with Gasteiger partial charge in [-0.05, 0) is 39.5 Å². The number of alkyl carbamates (subject to hydrolysis) is 1. The molecule has 0 aliphatic rings. The van der Waals surface area contributed by atoms with Crippen LogP contribution in [-0.4, -0.2) is 50.4 Å². The summed E-state index contributed by atoms with van der Waals surface area (Å²) < 4.78 is 28.0. The average Bonchev–Trinajstić information content (AvgIpc) is 2.29. The summed E-state index contributed by atoms with van der Waals surface area (Å²) in [6, 6.07) is 0. The fraction of sp³-hybridized carbons (Fsp3) is 0.933. The molecule has 0 rings (SSSR count). The van der Waals surface area contributed by atoms with Crippen LogP contribution in [0, 0.1) is 11.3 Å². The molecule has 0 aromatic carbocycles. The van der Waals surface area contributed by atoms with E-state index >= 15 is 0 Å². The van der Waals surface area contributed by atoms with Crippen LogP contribution in [0.5, 0.6) is 0 Å². The van der Waals surface area contributed by atoms with E-state index in [1.807, 2.05) is 13.8 Å². The van der Waals surface area contributed by atoms with Gasteiger partial charge >= 0.3 is 6.09 Å². The van der Waals surface area contributed by atoms with Crippen LogP contribution < -0.4 is 5.32 Å². The van der Waals surface area contributed by atoms with Crippen molar-refractivity contribution in [3.05, 3.63) is 0 Å². The number of hydrogen-bond donors (Lipinski definition) is 2. The quantitative estimate of drug-likeness (QED) is 0.706. The van der Waals surface area contributed by atoms with E-state index in [0.717, 1.165) is 0 Å². The van der Waals surface area contributed by atoms with E-state index in [4.69, 9.17) is 4.74 Å². The first-order valence-electron chi connectivity index (χ1n) is 7.54. The molecule has 1 atom stereocenters. The number of nitrogens with one attached hydrogen (secondary N) is 1. The number of rotatable bonds is 8. The van der Waals surface area contributed by atoms with Gasteiger partial charge in [0, 0.05) is 18.2 Å². The zero-order valence-corrected chi connectivity index (χ0v) is 15.4. The van der Waals surface area contributed by atoms with E-state index in [1.165, 1.54) is 6.26 Å². The zero-order chi connectivity index (χ0) is 17.6. The van der Waals surface area contributed by atoms with Gasteiger partial charge in [0.15, 0.2) is 0 Å². The highest BCUT2D eigenvalue weighted by Gasteiger charge is 2.32. The van der Waals surface area contributed by atoms with Crippen molar-refractivity contribution in [1.29, 1.82) is 0 Å². The van der Waals surface area contributed by atoms with Gasteiger partial charge in [0.25, 0.3) is 0 Å². The van der Waals surface area contributed by atoms with E-state index < -0.39 is 26.9 Å². The highest BCUT2D eigenvalue weighted by molar-refractivity contribution is 7.90. The predicted octanol–water partition coefficient (Wildman–Crippen LogP) is 1.97. The molecule has 7 heteroatoms. The second-order valence-corrected chi connectivity index (χ2v) is 9.75. The molecule has 0 aliphatic heterocycles. The van der Waals surface area contributed by atoms with Crippen LogP contribution in [0.4, 0.5) is 4.79 Å². The van der Waals surface area contributed by atoms with Crippen molar-refractivity contribution in [3.63, 3.8) is 0 Å². The molecule has 22 heavy (non-hydrogen) atoms. The summed E-state index contributed by atoms with van der Waals surface area (Å²) in [6.07, 6.45) is 1.53. The summed E-state index contributed by atoms with van der Waals surface area (Å²) in [6.45, 7) is 9.30. The molecule has 0 saturated carbocycles. The third-order valence-electron chi connectivity index (χ3n) is 3.19. The second-order valence-electron chi connectivity index (χ2n) is 7.49. The summed E-state index contributed by atoms with van der Waals surface area (Å²) >= 11 is 0. The first kappa shape index (κ1) is 21.2. The minimum Gasteiger partial charge on any atom is -0.444 e. The molecule has 2 N–H and O–H groups in total. The Morgan fingerprint density at radius 2 is 1.82 bits per heavy atom. The van der Waals surface area contributed by atoms with Gasteiger partial charge in [0.05, 0.1) is 12.4 Å². The summed E-state index contributed by atoms with van der Waals surface area (Å²) in [7, 11) is -3.13. The number of hydrogen-bond acceptors (Lipinski definition) is 5. The maximum absolute atomic E-state index is 11.8. The van der Waals surface area contributed by atoms with Crippen molar-refractivity contribution in [2.75, 3.05) is 25.2 Å². The van der Waals surface area contributed by atoms with E-state index in [-0.39, 0.29) is 24.8 Å². The summed E-state index contributed by atoms with van der Waals surface area (Å²) in [4.78, 5) is 11.8. The molecular formula is C15H31NO5S. The first-order valence-corrected chi connectivity index (χ1v) is 9.60. The molecule has 0 aliphatic carbocycles. The largest absolute Gasteiger partial charge is 0.444 e. The van der Waals surface area contributed by atoms with Gasteiger partial charge in [-0.1, -0.05) is 13.8 Å². The Labute approximate surface area is 134 Å². The zero-order valence-electron chi connectivity index (χ0n) is 14.6. The fourth-order valence-corrected chi connectivity index (χ4v) is 3.11. The van der Waals surface area contributed by atoms with Crippen LogP contribution >= 0.6 is 0 Å². The molecule has 0 fully saturated rings. The fourth-order valence-electron chi connectivity index (χ4n) is 2.30. The number of aliphatic hydroxyl groups excluding tert-OH is 1. The number of carbonyl (C=O) groups is 1. The van der Waals surface area contributed by atoms with E-state index in [2.05, 4.69) is 5.32 Å². The molecule has 1 amide bonds. The lowest BCUT2D eigenvalue weighted by atomic mass is 9.78. The lowest BCUT2D eigenvalue weighted by molar-refractivity contribution is 0.0436. The van der Waals surface area contributed by atoms with Crippen molar-refractivity contribution in [2.24, 2.45) is 11.3 Å². The maximum atomic E-state index is 11.8. The van der Waals surface area contributed by atoms with Crippen LogP contribution in [0.2, 0.25) is 0 Å². The monoisotopic (exact) mass is 337 g/mol. The molecule has 0 radical (unpaired) electrons. The molecule has 0 heterocycles. The smallest absolute Gasteiger partial charge is 0.407 e. The molecule has 6 nitrogen and oxygen atoms in total. The Bertz CT molecular complexity index is 453. The van der Waals surface area contributed by atoms with Crippen LogP contribution in [0.15, 0.2) is 0 Å². The molecule has 0 saturated heterocycles. The third kappa shape index (κ3) is 10.00. The van der Waals surface area contributed by atoms with Gasteiger partial charge in [0.1, 0.15) is 15.4 Å². The van der Waals surface area contributed by atoms with Crippen molar-refractivity contribution < 1.29 is 23.1 Å². The van der Waals surface area contributed by atoms with Crippen LogP contribution in [0.1, 0.15) is 47.5 Å². The molecule has 132 valence electrons. The highest BCUT2D eigenvalue weighted by atomic mass is 32.2.